The van der Waals surface area contributed by atoms with E-state index in [2.05, 4.69) is 23.7 Å². The quantitative estimate of drug-likeness (QED) is 0.855. The molecule has 0 amide bonds. The largest absolute Gasteiger partial charge is 0.378 e. The highest BCUT2D eigenvalue weighted by molar-refractivity contribution is 5.85. The van der Waals surface area contributed by atoms with E-state index in [4.69, 9.17) is 15.5 Å². The Labute approximate surface area is 126 Å². The summed E-state index contributed by atoms with van der Waals surface area (Å²) >= 11 is 0. The van der Waals surface area contributed by atoms with Crippen LogP contribution in [0.25, 0.3) is 0 Å². The van der Waals surface area contributed by atoms with Gasteiger partial charge in [-0.3, -0.25) is 0 Å². The molecule has 1 aromatic rings. The van der Waals surface area contributed by atoms with Crippen molar-refractivity contribution in [3.8, 4) is 0 Å². The Bertz CT molecular complexity index is 474. The zero-order valence-corrected chi connectivity index (χ0v) is 12.9. The minimum atomic E-state index is 0. The van der Waals surface area contributed by atoms with Crippen molar-refractivity contribution in [3.63, 3.8) is 0 Å². The van der Waals surface area contributed by atoms with Gasteiger partial charge in [-0.25, -0.2) is 9.97 Å². The molecule has 3 rings (SSSR count). The van der Waals surface area contributed by atoms with E-state index in [9.17, 15) is 0 Å². The SMILES string of the molecule is CC1(C)Cc2nc(N3CCOCC3)ncc2C(N)C1.Cl. The van der Waals surface area contributed by atoms with Gasteiger partial charge >= 0.3 is 0 Å². The van der Waals surface area contributed by atoms with Crippen molar-refractivity contribution >= 4 is 18.4 Å². The molecule has 0 bridgehead atoms. The summed E-state index contributed by atoms with van der Waals surface area (Å²) in [6.07, 6.45) is 3.91. The smallest absolute Gasteiger partial charge is 0.225 e. The third-order valence-electron chi connectivity index (χ3n) is 4.00. The summed E-state index contributed by atoms with van der Waals surface area (Å²) in [6.45, 7) is 7.76. The van der Waals surface area contributed by atoms with Crippen LogP contribution in [0.3, 0.4) is 0 Å². The van der Waals surface area contributed by atoms with Crippen molar-refractivity contribution in [1.29, 1.82) is 0 Å². The van der Waals surface area contributed by atoms with Gasteiger partial charge in [0.05, 0.1) is 18.9 Å². The Hall–Kier alpha value is -0.910. The molecule has 1 unspecified atom stereocenters. The molecular weight excluding hydrogens is 276 g/mol. The molecule has 1 aliphatic heterocycles. The molecule has 0 radical (unpaired) electrons. The minimum Gasteiger partial charge on any atom is -0.378 e. The first-order valence-electron chi connectivity index (χ1n) is 6.99. The topological polar surface area (TPSA) is 64.3 Å². The molecule has 1 fully saturated rings. The fourth-order valence-corrected chi connectivity index (χ4v) is 3.01. The second-order valence-electron chi connectivity index (χ2n) is 6.32. The number of morpholine rings is 1. The van der Waals surface area contributed by atoms with Gasteiger partial charge in [-0.05, 0) is 18.3 Å². The van der Waals surface area contributed by atoms with Crippen LogP contribution in [-0.2, 0) is 11.2 Å². The summed E-state index contributed by atoms with van der Waals surface area (Å²) in [5.41, 5.74) is 8.71. The molecule has 0 saturated carbocycles. The lowest BCUT2D eigenvalue weighted by molar-refractivity contribution is 0.122. The van der Waals surface area contributed by atoms with Gasteiger partial charge in [0.2, 0.25) is 5.95 Å². The molecular formula is C14H23ClN4O. The van der Waals surface area contributed by atoms with Crippen molar-refractivity contribution in [3.05, 3.63) is 17.5 Å². The summed E-state index contributed by atoms with van der Waals surface area (Å²) in [5.74, 6) is 0.826. The lowest BCUT2D eigenvalue weighted by Gasteiger charge is -2.35. The van der Waals surface area contributed by atoms with Gasteiger partial charge in [-0.2, -0.15) is 0 Å². The molecule has 1 saturated heterocycles. The molecule has 1 aliphatic carbocycles. The molecule has 2 aliphatic rings. The molecule has 0 aromatic carbocycles. The highest BCUT2D eigenvalue weighted by Crippen LogP contribution is 2.38. The van der Waals surface area contributed by atoms with E-state index in [0.717, 1.165) is 56.4 Å². The van der Waals surface area contributed by atoms with Gasteiger partial charge < -0.3 is 15.4 Å². The number of hydrogen-bond acceptors (Lipinski definition) is 5. The fraction of sp³-hybridized carbons (Fsp3) is 0.714. The second-order valence-corrected chi connectivity index (χ2v) is 6.32. The Kier molecular flexibility index (Phi) is 4.52. The third kappa shape index (κ3) is 3.05. The van der Waals surface area contributed by atoms with Gasteiger partial charge in [0.15, 0.2) is 0 Å². The van der Waals surface area contributed by atoms with E-state index in [1.807, 2.05) is 6.20 Å². The average Bonchev–Trinajstić information content (AvgIpc) is 2.37. The Morgan fingerprint density at radius 1 is 1.35 bits per heavy atom. The summed E-state index contributed by atoms with van der Waals surface area (Å²) in [4.78, 5) is 11.4. The summed E-state index contributed by atoms with van der Waals surface area (Å²) in [5, 5.41) is 0. The number of halogens is 1. The number of anilines is 1. The second kappa shape index (κ2) is 5.84. The lowest BCUT2D eigenvalue weighted by atomic mass is 9.74. The number of rotatable bonds is 1. The molecule has 20 heavy (non-hydrogen) atoms. The van der Waals surface area contributed by atoms with Crippen LogP contribution in [0.2, 0.25) is 0 Å². The monoisotopic (exact) mass is 298 g/mol. The van der Waals surface area contributed by atoms with Crippen molar-refractivity contribution in [1.82, 2.24) is 9.97 Å². The predicted octanol–water partition coefficient (Wildman–Crippen LogP) is 1.71. The highest BCUT2D eigenvalue weighted by atomic mass is 35.5. The Morgan fingerprint density at radius 3 is 2.75 bits per heavy atom. The Morgan fingerprint density at radius 2 is 2.05 bits per heavy atom. The van der Waals surface area contributed by atoms with Crippen molar-refractivity contribution < 1.29 is 4.74 Å². The third-order valence-corrected chi connectivity index (χ3v) is 4.00. The molecule has 5 nitrogen and oxygen atoms in total. The normalized spacial score (nSPS) is 24.8. The number of ether oxygens (including phenoxy) is 1. The van der Waals surface area contributed by atoms with Crippen LogP contribution in [0.5, 0.6) is 0 Å². The van der Waals surface area contributed by atoms with E-state index >= 15 is 0 Å². The molecule has 112 valence electrons. The van der Waals surface area contributed by atoms with Crippen LogP contribution in [0.15, 0.2) is 6.20 Å². The number of nitrogens with zero attached hydrogens (tertiary/aromatic N) is 3. The number of nitrogens with two attached hydrogens (primary N) is 1. The van der Waals surface area contributed by atoms with Gasteiger partial charge in [0, 0.05) is 30.9 Å². The number of fused-ring (bicyclic) bond motifs is 1. The van der Waals surface area contributed by atoms with E-state index in [0.29, 0.717) is 0 Å². The molecule has 1 aromatic heterocycles. The maximum Gasteiger partial charge on any atom is 0.225 e. The van der Waals surface area contributed by atoms with Crippen LogP contribution in [-0.4, -0.2) is 36.3 Å². The molecule has 0 spiro atoms. The number of aromatic nitrogens is 2. The van der Waals surface area contributed by atoms with E-state index < -0.39 is 0 Å². The predicted molar refractivity (Wildman–Crippen MR) is 81.3 cm³/mol. The first kappa shape index (κ1) is 15.5. The van der Waals surface area contributed by atoms with Crippen LogP contribution >= 0.6 is 12.4 Å². The minimum absolute atomic E-state index is 0. The molecule has 2 heterocycles. The van der Waals surface area contributed by atoms with Gasteiger partial charge in [0.1, 0.15) is 0 Å². The molecule has 2 N–H and O–H groups in total. The van der Waals surface area contributed by atoms with E-state index in [1.54, 1.807) is 0 Å². The number of hydrogen-bond donors (Lipinski definition) is 1. The van der Waals surface area contributed by atoms with Gasteiger partial charge in [0.25, 0.3) is 0 Å². The van der Waals surface area contributed by atoms with Crippen LogP contribution < -0.4 is 10.6 Å². The lowest BCUT2D eigenvalue weighted by Crippen LogP contribution is -2.38. The standard InChI is InChI=1S/C14H22N4O.ClH/c1-14(2)7-11(15)10-9-16-13(17-12(10)8-14)18-3-5-19-6-4-18;/h9,11H,3-8,15H2,1-2H3;1H. The highest BCUT2D eigenvalue weighted by Gasteiger charge is 2.32. The van der Waals surface area contributed by atoms with Gasteiger partial charge in [-0.1, -0.05) is 13.8 Å². The van der Waals surface area contributed by atoms with Crippen LogP contribution in [0.1, 0.15) is 37.6 Å². The van der Waals surface area contributed by atoms with Crippen LogP contribution in [0.4, 0.5) is 5.95 Å². The van der Waals surface area contributed by atoms with E-state index in [1.165, 1.54) is 0 Å². The molecule has 1 atom stereocenters. The maximum atomic E-state index is 6.24. The molecule has 6 heteroatoms. The fourth-order valence-electron chi connectivity index (χ4n) is 3.01. The van der Waals surface area contributed by atoms with Crippen molar-refractivity contribution in [2.24, 2.45) is 11.1 Å². The first-order chi connectivity index (χ1) is 9.05. The van der Waals surface area contributed by atoms with E-state index in [-0.39, 0.29) is 23.9 Å². The average molecular weight is 299 g/mol. The zero-order chi connectivity index (χ0) is 13.5. The zero-order valence-electron chi connectivity index (χ0n) is 12.1. The van der Waals surface area contributed by atoms with Gasteiger partial charge in [-0.15, -0.1) is 12.4 Å². The summed E-state index contributed by atoms with van der Waals surface area (Å²) in [7, 11) is 0. The van der Waals surface area contributed by atoms with Crippen molar-refractivity contribution in [2.75, 3.05) is 31.2 Å². The summed E-state index contributed by atoms with van der Waals surface area (Å²) in [6, 6.07) is 0.0671. The summed E-state index contributed by atoms with van der Waals surface area (Å²) < 4.78 is 5.37. The van der Waals surface area contributed by atoms with Crippen LogP contribution in [0, 0.1) is 5.41 Å². The van der Waals surface area contributed by atoms with Crippen molar-refractivity contribution in [2.45, 2.75) is 32.7 Å². The maximum absolute atomic E-state index is 6.24. The Balaban J connectivity index is 0.00000147. The first-order valence-corrected chi connectivity index (χ1v) is 6.99.